The second-order valence-electron chi connectivity index (χ2n) is 5.12. The Kier molecular flexibility index (Phi) is 4.92. The van der Waals surface area contributed by atoms with Crippen molar-refractivity contribution in [2.45, 2.75) is 40.0 Å². The topological polar surface area (TPSA) is 52.6 Å². The molecular weight excluding hydrogens is 244 g/mol. The zero-order chi connectivity index (χ0) is 14.6. The van der Waals surface area contributed by atoms with Crippen LogP contribution in [-0.2, 0) is 19.1 Å². The molecule has 4 nitrogen and oxygen atoms in total. The molecule has 0 bridgehead atoms. The van der Waals surface area contributed by atoms with Gasteiger partial charge in [0.05, 0.1) is 14.2 Å². The van der Waals surface area contributed by atoms with Gasteiger partial charge in [-0.25, -0.2) is 0 Å². The highest BCUT2D eigenvalue weighted by Crippen LogP contribution is 2.40. The first-order valence-electron chi connectivity index (χ1n) is 6.39. The van der Waals surface area contributed by atoms with Gasteiger partial charge in [-0.15, -0.1) is 0 Å². The van der Waals surface area contributed by atoms with Gasteiger partial charge in [0.25, 0.3) is 0 Å². The van der Waals surface area contributed by atoms with Gasteiger partial charge in [-0.05, 0) is 51.2 Å². The van der Waals surface area contributed by atoms with Crippen LogP contribution in [0.1, 0.15) is 40.0 Å². The van der Waals surface area contributed by atoms with Crippen molar-refractivity contribution in [1.82, 2.24) is 0 Å². The van der Waals surface area contributed by atoms with Crippen molar-refractivity contribution in [1.29, 1.82) is 0 Å². The second-order valence-corrected chi connectivity index (χ2v) is 5.12. The van der Waals surface area contributed by atoms with Crippen LogP contribution in [0.4, 0.5) is 0 Å². The number of methoxy groups -OCH3 is 2. The molecule has 0 unspecified atom stereocenters. The van der Waals surface area contributed by atoms with E-state index in [1.165, 1.54) is 30.9 Å². The molecule has 1 aliphatic carbocycles. The number of allylic oxidation sites excluding steroid dienone is 4. The second kappa shape index (κ2) is 6.04. The van der Waals surface area contributed by atoms with E-state index >= 15 is 0 Å². The molecule has 0 amide bonds. The number of hydrogen-bond acceptors (Lipinski definition) is 4. The number of carbonyl (C=O) groups is 2. The first kappa shape index (κ1) is 15.5. The minimum atomic E-state index is -1.17. The number of esters is 2. The lowest BCUT2D eigenvalue weighted by Gasteiger charge is -2.31. The predicted molar refractivity (Wildman–Crippen MR) is 72.4 cm³/mol. The molecule has 0 spiro atoms. The van der Waals surface area contributed by atoms with Crippen molar-refractivity contribution in [3.8, 4) is 0 Å². The van der Waals surface area contributed by atoms with Gasteiger partial charge >= 0.3 is 11.9 Å². The Labute approximate surface area is 114 Å². The highest BCUT2D eigenvalue weighted by atomic mass is 16.5. The maximum atomic E-state index is 11.9. The van der Waals surface area contributed by atoms with Crippen molar-refractivity contribution < 1.29 is 19.1 Å². The van der Waals surface area contributed by atoms with E-state index in [1.807, 2.05) is 6.08 Å². The average molecular weight is 266 g/mol. The quantitative estimate of drug-likeness (QED) is 0.582. The Morgan fingerprint density at radius 3 is 1.95 bits per heavy atom. The van der Waals surface area contributed by atoms with Crippen molar-refractivity contribution in [3.05, 3.63) is 22.8 Å². The van der Waals surface area contributed by atoms with Crippen LogP contribution in [0.5, 0.6) is 0 Å². The molecular formula is C15H22O4. The van der Waals surface area contributed by atoms with Crippen molar-refractivity contribution >= 4 is 11.9 Å². The van der Waals surface area contributed by atoms with E-state index in [1.54, 1.807) is 0 Å². The molecule has 0 radical (unpaired) electrons. The van der Waals surface area contributed by atoms with Gasteiger partial charge in [-0.2, -0.15) is 0 Å². The van der Waals surface area contributed by atoms with Crippen molar-refractivity contribution in [2.75, 3.05) is 14.2 Å². The molecule has 19 heavy (non-hydrogen) atoms. The Bertz CT molecular complexity index is 423. The van der Waals surface area contributed by atoms with Crippen molar-refractivity contribution in [2.24, 2.45) is 5.41 Å². The maximum Gasteiger partial charge on any atom is 0.323 e. The van der Waals surface area contributed by atoms with Crippen LogP contribution in [0, 0.1) is 5.41 Å². The number of rotatable bonds is 3. The van der Waals surface area contributed by atoms with Gasteiger partial charge < -0.3 is 9.47 Å². The molecule has 0 atom stereocenters. The monoisotopic (exact) mass is 266 g/mol. The highest BCUT2D eigenvalue weighted by molar-refractivity contribution is 6.00. The van der Waals surface area contributed by atoms with Crippen LogP contribution in [0.15, 0.2) is 22.8 Å². The van der Waals surface area contributed by atoms with Crippen LogP contribution < -0.4 is 0 Å². The fourth-order valence-corrected chi connectivity index (χ4v) is 2.36. The lowest BCUT2D eigenvalue weighted by molar-refractivity contribution is -0.169. The van der Waals surface area contributed by atoms with Crippen LogP contribution >= 0.6 is 0 Å². The number of hydrogen-bond donors (Lipinski definition) is 0. The average Bonchev–Trinajstić information content (AvgIpc) is 2.44. The highest BCUT2D eigenvalue weighted by Gasteiger charge is 2.48. The number of carbonyl (C=O) groups excluding carboxylic acids is 2. The Balaban J connectivity index is 3.07. The molecule has 0 aliphatic heterocycles. The van der Waals surface area contributed by atoms with E-state index < -0.39 is 17.4 Å². The van der Waals surface area contributed by atoms with E-state index in [0.29, 0.717) is 19.3 Å². The zero-order valence-electron chi connectivity index (χ0n) is 12.3. The molecule has 0 heterocycles. The van der Waals surface area contributed by atoms with Crippen LogP contribution in [0.3, 0.4) is 0 Å². The molecule has 106 valence electrons. The van der Waals surface area contributed by atoms with E-state index in [2.05, 4.69) is 20.8 Å². The summed E-state index contributed by atoms with van der Waals surface area (Å²) < 4.78 is 9.56. The summed E-state index contributed by atoms with van der Waals surface area (Å²) >= 11 is 0. The molecule has 1 rings (SSSR count). The SMILES string of the molecule is COC(=O)C1(C(=O)OC)CC=C(C(C)=C(C)C)CC1. The van der Waals surface area contributed by atoms with Crippen molar-refractivity contribution in [3.63, 3.8) is 0 Å². The molecule has 0 aromatic carbocycles. The van der Waals surface area contributed by atoms with Gasteiger partial charge in [-0.3, -0.25) is 9.59 Å². The lowest BCUT2D eigenvalue weighted by atomic mass is 9.73. The molecule has 0 aromatic heterocycles. The molecule has 0 saturated carbocycles. The summed E-state index contributed by atoms with van der Waals surface area (Å²) in [5.41, 5.74) is 2.50. The predicted octanol–water partition coefficient (Wildman–Crippen LogP) is 2.79. The Morgan fingerprint density at radius 1 is 1.11 bits per heavy atom. The summed E-state index contributed by atoms with van der Waals surface area (Å²) in [5.74, 6) is -1.02. The molecule has 4 heteroatoms. The van der Waals surface area contributed by atoms with Crippen LogP contribution in [0.2, 0.25) is 0 Å². The largest absolute Gasteiger partial charge is 0.468 e. The normalized spacial score (nSPS) is 17.2. The van der Waals surface area contributed by atoms with Crippen LogP contribution in [0.25, 0.3) is 0 Å². The van der Waals surface area contributed by atoms with E-state index in [9.17, 15) is 9.59 Å². The van der Waals surface area contributed by atoms with Crippen LogP contribution in [-0.4, -0.2) is 26.2 Å². The summed E-state index contributed by atoms with van der Waals surface area (Å²) in [4.78, 5) is 23.9. The third kappa shape index (κ3) is 2.88. The Hall–Kier alpha value is -1.58. The minimum absolute atomic E-state index is 0.340. The first-order valence-corrected chi connectivity index (χ1v) is 6.39. The van der Waals surface area contributed by atoms with Gasteiger partial charge in [-0.1, -0.05) is 11.6 Å². The standard InChI is InChI=1S/C15H22O4/c1-10(2)11(3)12-6-8-15(9-7-12,13(16)18-4)14(17)19-5/h6H,7-9H2,1-5H3. The fraction of sp³-hybridized carbons (Fsp3) is 0.600. The fourth-order valence-electron chi connectivity index (χ4n) is 2.36. The van der Waals surface area contributed by atoms with Gasteiger partial charge in [0.2, 0.25) is 0 Å². The van der Waals surface area contributed by atoms with E-state index in [-0.39, 0.29) is 0 Å². The summed E-state index contributed by atoms with van der Waals surface area (Å²) in [6.45, 7) is 6.17. The smallest absolute Gasteiger partial charge is 0.323 e. The summed E-state index contributed by atoms with van der Waals surface area (Å²) in [7, 11) is 2.60. The molecule has 0 aromatic rings. The summed E-state index contributed by atoms with van der Waals surface area (Å²) in [6, 6.07) is 0. The van der Waals surface area contributed by atoms with E-state index in [0.717, 1.165) is 0 Å². The lowest BCUT2D eigenvalue weighted by Crippen LogP contribution is -2.42. The summed E-state index contributed by atoms with van der Waals surface area (Å²) in [5, 5.41) is 0. The minimum Gasteiger partial charge on any atom is -0.468 e. The first-order chi connectivity index (χ1) is 8.89. The van der Waals surface area contributed by atoms with Gasteiger partial charge in [0, 0.05) is 0 Å². The van der Waals surface area contributed by atoms with Gasteiger partial charge in [0.1, 0.15) is 0 Å². The Morgan fingerprint density at radius 2 is 1.63 bits per heavy atom. The molecule has 0 fully saturated rings. The molecule has 1 aliphatic rings. The molecule has 0 N–H and O–H groups in total. The van der Waals surface area contributed by atoms with E-state index in [4.69, 9.17) is 9.47 Å². The van der Waals surface area contributed by atoms with Gasteiger partial charge in [0.15, 0.2) is 5.41 Å². The zero-order valence-corrected chi connectivity index (χ0v) is 12.3. The molecule has 0 saturated heterocycles. The third-order valence-electron chi connectivity index (χ3n) is 3.90. The number of ether oxygens (including phenoxy) is 2. The maximum absolute atomic E-state index is 11.9. The summed E-state index contributed by atoms with van der Waals surface area (Å²) in [6.07, 6.45) is 3.41. The third-order valence-corrected chi connectivity index (χ3v) is 3.90.